The average molecular weight is 233 g/mol. The van der Waals surface area contributed by atoms with E-state index in [-0.39, 0.29) is 0 Å². The Bertz CT molecular complexity index is 255. The zero-order valence-corrected chi connectivity index (χ0v) is 11.1. The lowest BCUT2D eigenvalue weighted by molar-refractivity contribution is -0.0630. The molecule has 96 valence electrons. The maximum Gasteiger partial charge on any atom is 0.00723 e. The van der Waals surface area contributed by atoms with Crippen molar-refractivity contribution in [1.82, 2.24) is 5.32 Å². The van der Waals surface area contributed by atoms with E-state index in [1.165, 1.54) is 32.2 Å². The van der Waals surface area contributed by atoms with Crippen LogP contribution in [0, 0.1) is 23.2 Å². The summed E-state index contributed by atoms with van der Waals surface area (Å²) < 4.78 is 0. The Labute approximate surface area is 106 Å². The molecule has 1 heterocycles. The fourth-order valence-electron chi connectivity index (χ4n) is 6.16. The lowest BCUT2D eigenvalue weighted by Gasteiger charge is -2.58. The Morgan fingerprint density at radius 1 is 0.882 bits per heavy atom. The molecule has 0 spiro atoms. The molecule has 0 amide bonds. The lowest BCUT2D eigenvalue weighted by Crippen LogP contribution is -2.49. The van der Waals surface area contributed by atoms with Gasteiger partial charge < -0.3 is 5.32 Å². The Morgan fingerprint density at radius 2 is 1.53 bits per heavy atom. The second-order valence-electron chi connectivity index (χ2n) is 7.77. The fourth-order valence-corrected chi connectivity index (χ4v) is 6.16. The molecular formula is C16H27N. The van der Waals surface area contributed by atoms with Crippen molar-refractivity contribution >= 4 is 0 Å². The molecule has 17 heavy (non-hydrogen) atoms. The van der Waals surface area contributed by atoms with Crippen molar-refractivity contribution in [3.05, 3.63) is 0 Å². The summed E-state index contributed by atoms with van der Waals surface area (Å²) in [5, 5.41) is 3.79. The summed E-state index contributed by atoms with van der Waals surface area (Å²) in [6.07, 6.45) is 15.4. The van der Waals surface area contributed by atoms with Gasteiger partial charge in [-0.3, -0.25) is 0 Å². The zero-order valence-electron chi connectivity index (χ0n) is 11.1. The molecule has 1 aliphatic heterocycles. The summed E-state index contributed by atoms with van der Waals surface area (Å²) in [6, 6.07) is 0.875. The van der Waals surface area contributed by atoms with Crippen LogP contribution in [0.3, 0.4) is 0 Å². The molecule has 0 aromatic rings. The maximum atomic E-state index is 3.79. The molecule has 4 aliphatic carbocycles. The van der Waals surface area contributed by atoms with Gasteiger partial charge in [0, 0.05) is 6.04 Å². The molecule has 5 aliphatic rings. The van der Waals surface area contributed by atoms with Crippen LogP contribution in [0.2, 0.25) is 0 Å². The number of piperidine rings is 1. The van der Waals surface area contributed by atoms with Crippen LogP contribution in [-0.4, -0.2) is 12.6 Å². The Kier molecular flexibility index (Phi) is 2.54. The predicted molar refractivity (Wildman–Crippen MR) is 70.9 cm³/mol. The number of nitrogens with one attached hydrogen (secondary N) is 1. The smallest absolute Gasteiger partial charge is 0.00723 e. The van der Waals surface area contributed by atoms with Crippen LogP contribution in [-0.2, 0) is 0 Å². The molecule has 0 radical (unpaired) electrons. The van der Waals surface area contributed by atoms with E-state index in [4.69, 9.17) is 0 Å². The molecule has 1 heteroatoms. The van der Waals surface area contributed by atoms with E-state index in [0.717, 1.165) is 29.2 Å². The van der Waals surface area contributed by atoms with Gasteiger partial charge in [0.25, 0.3) is 0 Å². The first-order chi connectivity index (χ1) is 8.31. The van der Waals surface area contributed by atoms with Gasteiger partial charge in [-0.05, 0) is 87.5 Å². The van der Waals surface area contributed by atoms with Crippen molar-refractivity contribution in [3.8, 4) is 0 Å². The molecule has 1 atom stereocenters. The molecule has 4 saturated carbocycles. The third kappa shape index (κ3) is 1.95. The van der Waals surface area contributed by atoms with Gasteiger partial charge in [0.1, 0.15) is 0 Å². The Balaban J connectivity index is 1.48. The average Bonchev–Trinajstić information content (AvgIpc) is 2.27. The second kappa shape index (κ2) is 3.98. The van der Waals surface area contributed by atoms with Crippen molar-refractivity contribution < 1.29 is 0 Å². The molecule has 5 rings (SSSR count). The van der Waals surface area contributed by atoms with Crippen molar-refractivity contribution in [2.75, 3.05) is 6.54 Å². The minimum absolute atomic E-state index is 0.795. The first-order valence-corrected chi connectivity index (χ1v) is 8.05. The number of hydrogen-bond donors (Lipinski definition) is 1. The van der Waals surface area contributed by atoms with Crippen molar-refractivity contribution in [2.45, 2.75) is 70.3 Å². The summed E-state index contributed by atoms with van der Waals surface area (Å²) in [4.78, 5) is 0. The summed E-state index contributed by atoms with van der Waals surface area (Å²) in [7, 11) is 0. The van der Waals surface area contributed by atoms with E-state index in [2.05, 4.69) is 5.32 Å². The van der Waals surface area contributed by atoms with Gasteiger partial charge in [0.05, 0.1) is 0 Å². The highest BCUT2D eigenvalue weighted by atomic mass is 14.9. The van der Waals surface area contributed by atoms with Gasteiger partial charge in [-0.1, -0.05) is 6.42 Å². The zero-order chi connectivity index (χ0) is 11.3. The van der Waals surface area contributed by atoms with Crippen LogP contribution in [0.25, 0.3) is 0 Å². The second-order valence-corrected chi connectivity index (χ2v) is 7.77. The van der Waals surface area contributed by atoms with Crippen LogP contribution in [0.1, 0.15) is 64.2 Å². The molecule has 5 fully saturated rings. The summed E-state index contributed by atoms with van der Waals surface area (Å²) in [5.41, 5.74) is 0.795. The maximum absolute atomic E-state index is 3.79. The molecule has 0 aromatic heterocycles. The van der Waals surface area contributed by atoms with E-state index < -0.39 is 0 Å². The standard InChI is InChI=1S/C16H27N/c1-2-4-17-15(3-1)11-16-8-12-5-13(9-16)7-14(6-12)10-16/h12-15,17H,1-11H2. The third-order valence-electron chi connectivity index (χ3n) is 6.26. The predicted octanol–water partition coefficient (Wildman–Crippen LogP) is 3.74. The monoisotopic (exact) mass is 233 g/mol. The van der Waals surface area contributed by atoms with Crippen LogP contribution >= 0.6 is 0 Å². The van der Waals surface area contributed by atoms with Gasteiger partial charge in [0.15, 0.2) is 0 Å². The van der Waals surface area contributed by atoms with Gasteiger partial charge in [-0.25, -0.2) is 0 Å². The SMILES string of the molecule is C1CCC(CC23CC4CC(CC(C4)C2)C3)NC1. The van der Waals surface area contributed by atoms with E-state index >= 15 is 0 Å². The Hall–Kier alpha value is -0.0400. The van der Waals surface area contributed by atoms with Gasteiger partial charge in [-0.15, -0.1) is 0 Å². The van der Waals surface area contributed by atoms with Gasteiger partial charge in [-0.2, -0.15) is 0 Å². The quantitative estimate of drug-likeness (QED) is 0.766. The molecular weight excluding hydrogens is 206 g/mol. The van der Waals surface area contributed by atoms with Gasteiger partial charge >= 0.3 is 0 Å². The first-order valence-electron chi connectivity index (χ1n) is 8.05. The molecule has 1 saturated heterocycles. The summed E-state index contributed by atoms with van der Waals surface area (Å²) in [5.74, 6) is 3.39. The Morgan fingerprint density at radius 3 is 2.06 bits per heavy atom. The first kappa shape index (κ1) is 10.8. The fraction of sp³-hybridized carbons (Fsp3) is 1.00. The van der Waals surface area contributed by atoms with E-state index in [1.54, 1.807) is 38.5 Å². The molecule has 4 bridgehead atoms. The normalized spacial score (nSPS) is 52.9. The van der Waals surface area contributed by atoms with E-state index in [9.17, 15) is 0 Å². The summed E-state index contributed by atoms with van der Waals surface area (Å²) >= 11 is 0. The van der Waals surface area contributed by atoms with Crippen molar-refractivity contribution in [1.29, 1.82) is 0 Å². The van der Waals surface area contributed by atoms with Crippen molar-refractivity contribution in [3.63, 3.8) is 0 Å². The van der Waals surface area contributed by atoms with Crippen LogP contribution in [0.5, 0.6) is 0 Å². The number of rotatable bonds is 2. The molecule has 1 unspecified atom stereocenters. The van der Waals surface area contributed by atoms with E-state index in [0.29, 0.717) is 0 Å². The largest absolute Gasteiger partial charge is 0.314 e. The van der Waals surface area contributed by atoms with Crippen LogP contribution in [0.4, 0.5) is 0 Å². The van der Waals surface area contributed by atoms with Crippen LogP contribution in [0.15, 0.2) is 0 Å². The minimum atomic E-state index is 0.795. The molecule has 0 aromatic carbocycles. The molecule has 1 N–H and O–H groups in total. The third-order valence-corrected chi connectivity index (χ3v) is 6.26. The topological polar surface area (TPSA) is 12.0 Å². The van der Waals surface area contributed by atoms with E-state index in [1.807, 2.05) is 0 Å². The highest BCUT2D eigenvalue weighted by molar-refractivity contribution is 5.02. The van der Waals surface area contributed by atoms with Gasteiger partial charge in [0.2, 0.25) is 0 Å². The minimum Gasteiger partial charge on any atom is -0.314 e. The van der Waals surface area contributed by atoms with Crippen LogP contribution < -0.4 is 5.32 Å². The number of hydrogen-bond acceptors (Lipinski definition) is 1. The highest BCUT2D eigenvalue weighted by Crippen LogP contribution is 2.61. The lowest BCUT2D eigenvalue weighted by atomic mass is 9.48. The molecule has 1 nitrogen and oxygen atoms in total. The highest BCUT2D eigenvalue weighted by Gasteiger charge is 2.51. The summed E-state index contributed by atoms with van der Waals surface area (Å²) in [6.45, 7) is 1.29. The van der Waals surface area contributed by atoms with Crippen molar-refractivity contribution in [2.24, 2.45) is 23.2 Å².